The fourth-order valence-corrected chi connectivity index (χ4v) is 4.66. The van der Waals surface area contributed by atoms with Crippen molar-refractivity contribution in [3.05, 3.63) is 40.8 Å². The molecule has 7 heteroatoms. The van der Waals surface area contributed by atoms with E-state index < -0.39 is 9.84 Å². The van der Waals surface area contributed by atoms with Crippen molar-refractivity contribution in [1.82, 2.24) is 10.3 Å². The highest BCUT2D eigenvalue weighted by molar-refractivity contribution is 7.90. The number of hydrogen-bond acceptors (Lipinski definition) is 6. The Morgan fingerprint density at radius 1 is 1.29 bits per heavy atom. The molecule has 21 heavy (non-hydrogen) atoms. The first-order valence-corrected chi connectivity index (χ1v) is 9.35. The molecule has 112 valence electrons. The molecule has 0 aliphatic carbocycles. The quantitative estimate of drug-likeness (QED) is 0.924. The van der Waals surface area contributed by atoms with Crippen LogP contribution < -0.4 is 10.2 Å². The summed E-state index contributed by atoms with van der Waals surface area (Å²) >= 11 is 1.37. The lowest BCUT2D eigenvalue weighted by atomic mass is 10.2. The fraction of sp³-hybridized carbons (Fsp3) is 0.357. The summed E-state index contributed by atoms with van der Waals surface area (Å²) in [6.07, 6.45) is 1.63. The van der Waals surface area contributed by atoms with Gasteiger partial charge in [0.1, 0.15) is 10.8 Å². The lowest BCUT2D eigenvalue weighted by molar-refractivity contribution is 0.587. The normalized spacial score (nSPS) is 16.1. The van der Waals surface area contributed by atoms with Crippen molar-refractivity contribution in [3.8, 4) is 0 Å². The van der Waals surface area contributed by atoms with Gasteiger partial charge in [-0.25, -0.2) is 13.4 Å². The van der Waals surface area contributed by atoms with Gasteiger partial charge < -0.3 is 10.2 Å². The molecule has 0 atom stereocenters. The van der Waals surface area contributed by atoms with Crippen molar-refractivity contribution in [2.75, 3.05) is 31.1 Å². The summed E-state index contributed by atoms with van der Waals surface area (Å²) in [5.74, 6) is -0.0321. The molecular weight excluding hydrogens is 306 g/mol. The number of sulfone groups is 1. The Balaban J connectivity index is 1.84. The minimum absolute atomic E-state index is 0.0321. The number of thiazole rings is 1. The maximum absolute atomic E-state index is 12.5. The lowest BCUT2D eigenvalue weighted by Gasteiger charge is -2.29. The number of rotatable bonds is 4. The molecule has 0 amide bonds. The topological polar surface area (TPSA) is 62.3 Å². The molecule has 2 aromatic rings. The summed E-state index contributed by atoms with van der Waals surface area (Å²) in [4.78, 5) is 6.64. The predicted octanol–water partition coefficient (Wildman–Crippen LogP) is 1.53. The van der Waals surface area contributed by atoms with Gasteiger partial charge in [-0.3, -0.25) is 0 Å². The first-order chi connectivity index (χ1) is 10.1. The molecule has 0 spiro atoms. The van der Waals surface area contributed by atoms with Crippen LogP contribution >= 0.6 is 11.3 Å². The van der Waals surface area contributed by atoms with E-state index in [1.165, 1.54) is 11.3 Å². The van der Waals surface area contributed by atoms with Gasteiger partial charge in [0.2, 0.25) is 0 Å². The molecule has 1 aromatic carbocycles. The summed E-state index contributed by atoms with van der Waals surface area (Å²) in [6.45, 7) is 3.65. The molecule has 0 bridgehead atoms. The Kier molecular flexibility index (Phi) is 4.23. The van der Waals surface area contributed by atoms with Gasteiger partial charge in [-0.15, -0.1) is 11.3 Å². The standard InChI is InChI=1S/C14H17N3O2S2/c18-21(19,11-14-16-6-9-20-14)13-3-1-2-12(10-13)17-7-4-15-5-8-17/h1-3,6,9-10,15H,4-5,7-8,11H2. The number of nitrogens with one attached hydrogen (secondary N) is 1. The highest BCUT2D eigenvalue weighted by Gasteiger charge is 2.19. The van der Waals surface area contributed by atoms with Gasteiger partial charge in [0.25, 0.3) is 0 Å². The Labute approximate surface area is 128 Å². The highest BCUT2D eigenvalue weighted by Crippen LogP contribution is 2.23. The molecule has 0 saturated carbocycles. The number of anilines is 1. The Morgan fingerprint density at radius 3 is 2.81 bits per heavy atom. The van der Waals surface area contributed by atoms with Crippen molar-refractivity contribution >= 4 is 26.9 Å². The Morgan fingerprint density at radius 2 is 2.10 bits per heavy atom. The van der Waals surface area contributed by atoms with Gasteiger partial charge in [-0.1, -0.05) is 6.07 Å². The SMILES string of the molecule is O=S(=O)(Cc1nccs1)c1cccc(N2CCNCC2)c1. The fourth-order valence-electron chi connectivity index (χ4n) is 2.37. The second kappa shape index (κ2) is 6.13. The van der Waals surface area contributed by atoms with Gasteiger partial charge in [-0.2, -0.15) is 0 Å². The zero-order valence-electron chi connectivity index (χ0n) is 11.5. The van der Waals surface area contributed by atoms with Crippen molar-refractivity contribution < 1.29 is 8.42 Å². The molecule has 0 radical (unpaired) electrons. The van der Waals surface area contributed by atoms with E-state index in [1.54, 1.807) is 23.7 Å². The van der Waals surface area contributed by atoms with Crippen LogP contribution in [0, 0.1) is 0 Å². The summed E-state index contributed by atoms with van der Waals surface area (Å²) in [6, 6.07) is 7.21. The smallest absolute Gasteiger partial charge is 0.184 e. The van der Waals surface area contributed by atoms with Crippen LogP contribution in [0.4, 0.5) is 5.69 Å². The van der Waals surface area contributed by atoms with Gasteiger partial charge in [0.15, 0.2) is 9.84 Å². The molecule has 1 N–H and O–H groups in total. The molecule has 3 rings (SSSR count). The van der Waals surface area contributed by atoms with E-state index in [0.717, 1.165) is 31.9 Å². The van der Waals surface area contributed by atoms with Crippen molar-refractivity contribution in [3.63, 3.8) is 0 Å². The van der Waals surface area contributed by atoms with Crippen LogP contribution in [0.2, 0.25) is 0 Å². The number of benzene rings is 1. The lowest BCUT2D eigenvalue weighted by Crippen LogP contribution is -2.43. The van der Waals surface area contributed by atoms with Gasteiger partial charge >= 0.3 is 0 Å². The molecule has 5 nitrogen and oxygen atoms in total. The molecule has 2 heterocycles. The summed E-state index contributed by atoms with van der Waals surface area (Å²) in [5, 5.41) is 5.71. The second-order valence-corrected chi connectivity index (χ2v) is 7.89. The number of nitrogens with zero attached hydrogens (tertiary/aromatic N) is 2. The van der Waals surface area contributed by atoms with E-state index in [4.69, 9.17) is 0 Å². The maximum Gasteiger partial charge on any atom is 0.184 e. The predicted molar refractivity (Wildman–Crippen MR) is 84.5 cm³/mol. The summed E-state index contributed by atoms with van der Waals surface area (Å²) < 4.78 is 24.9. The molecule has 1 saturated heterocycles. The van der Waals surface area contributed by atoms with Crippen LogP contribution in [0.15, 0.2) is 40.7 Å². The second-order valence-electron chi connectivity index (χ2n) is 4.92. The zero-order valence-corrected chi connectivity index (χ0v) is 13.2. The summed E-state index contributed by atoms with van der Waals surface area (Å²) in [7, 11) is -3.34. The number of piperazine rings is 1. The van der Waals surface area contributed by atoms with E-state index in [-0.39, 0.29) is 5.75 Å². The van der Waals surface area contributed by atoms with Gasteiger partial charge in [-0.05, 0) is 18.2 Å². The van der Waals surface area contributed by atoms with Crippen molar-refractivity contribution in [2.45, 2.75) is 10.6 Å². The van der Waals surface area contributed by atoms with E-state index in [0.29, 0.717) is 9.90 Å². The van der Waals surface area contributed by atoms with Crippen LogP contribution in [0.25, 0.3) is 0 Å². The zero-order chi connectivity index (χ0) is 14.7. The van der Waals surface area contributed by atoms with Gasteiger partial charge in [0, 0.05) is 43.4 Å². The number of hydrogen-bond donors (Lipinski definition) is 1. The third kappa shape index (κ3) is 3.42. The first kappa shape index (κ1) is 14.5. The maximum atomic E-state index is 12.5. The van der Waals surface area contributed by atoms with E-state index >= 15 is 0 Å². The molecule has 0 unspecified atom stereocenters. The van der Waals surface area contributed by atoms with E-state index in [2.05, 4.69) is 15.2 Å². The number of aromatic nitrogens is 1. The van der Waals surface area contributed by atoms with E-state index in [9.17, 15) is 8.42 Å². The molecule has 1 aromatic heterocycles. The average molecular weight is 323 g/mol. The molecule has 1 aliphatic heterocycles. The van der Waals surface area contributed by atoms with Crippen LogP contribution in [-0.4, -0.2) is 39.6 Å². The van der Waals surface area contributed by atoms with Crippen LogP contribution in [0.3, 0.4) is 0 Å². The molecule has 1 aliphatic rings. The van der Waals surface area contributed by atoms with Gasteiger partial charge in [0.05, 0.1) is 4.90 Å². The minimum Gasteiger partial charge on any atom is -0.369 e. The Bertz CT molecular complexity index is 693. The summed E-state index contributed by atoms with van der Waals surface area (Å²) in [5.41, 5.74) is 0.969. The van der Waals surface area contributed by atoms with Crippen LogP contribution in [-0.2, 0) is 15.6 Å². The largest absolute Gasteiger partial charge is 0.369 e. The van der Waals surface area contributed by atoms with E-state index in [1.807, 2.05) is 12.1 Å². The third-order valence-electron chi connectivity index (χ3n) is 3.46. The van der Waals surface area contributed by atoms with Crippen molar-refractivity contribution in [1.29, 1.82) is 0 Å². The van der Waals surface area contributed by atoms with Crippen LogP contribution in [0.1, 0.15) is 5.01 Å². The minimum atomic E-state index is -3.34. The first-order valence-electron chi connectivity index (χ1n) is 6.82. The van der Waals surface area contributed by atoms with Crippen molar-refractivity contribution in [2.24, 2.45) is 0 Å². The monoisotopic (exact) mass is 323 g/mol. The third-order valence-corrected chi connectivity index (χ3v) is 6.04. The molecule has 1 fully saturated rings. The molecular formula is C14H17N3O2S2. The average Bonchev–Trinajstić information content (AvgIpc) is 3.00. The van der Waals surface area contributed by atoms with Crippen LogP contribution in [0.5, 0.6) is 0 Å². The highest BCUT2D eigenvalue weighted by atomic mass is 32.2. The Hall–Kier alpha value is -1.44.